The molecule has 0 bridgehead atoms. The molecule has 27 heavy (non-hydrogen) atoms. The number of aliphatic imine (C=N–C) groups is 1. The Morgan fingerprint density at radius 3 is 2.52 bits per heavy atom. The highest BCUT2D eigenvalue weighted by molar-refractivity contribution is 14.0. The SMILES string of the molecule is CCNC(=NCC(c1cnn(C)c1)N(C)C)NC1CCN(C2CC2)CC1.I. The minimum Gasteiger partial charge on any atom is -0.357 e. The van der Waals surface area contributed by atoms with Gasteiger partial charge in [0.15, 0.2) is 5.96 Å². The third kappa shape index (κ3) is 6.60. The van der Waals surface area contributed by atoms with Crippen LogP contribution in [0.4, 0.5) is 0 Å². The van der Waals surface area contributed by atoms with Crippen molar-refractivity contribution in [3.63, 3.8) is 0 Å². The third-order valence-corrected chi connectivity index (χ3v) is 5.43. The molecule has 1 saturated heterocycles. The first-order chi connectivity index (χ1) is 12.6. The van der Waals surface area contributed by atoms with Crippen molar-refractivity contribution in [2.45, 2.75) is 50.7 Å². The summed E-state index contributed by atoms with van der Waals surface area (Å²) in [5.41, 5.74) is 1.20. The van der Waals surface area contributed by atoms with E-state index in [2.05, 4.69) is 52.7 Å². The van der Waals surface area contributed by atoms with Crippen LogP contribution >= 0.6 is 24.0 Å². The maximum atomic E-state index is 4.88. The molecule has 2 N–H and O–H groups in total. The molecule has 1 atom stereocenters. The summed E-state index contributed by atoms with van der Waals surface area (Å²) < 4.78 is 1.85. The fraction of sp³-hybridized carbons (Fsp3) is 0.789. The van der Waals surface area contributed by atoms with Crippen LogP contribution in [0.2, 0.25) is 0 Å². The first-order valence-corrected chi connectivity index (χ1v) is 10.0. The number of rotatable bonds is 7. The van der Waals surface area contributed by atoms with E-state index < -0.39 is 0 Å². The fourth-order valence-corrected chi connectivity index (χ4v) is 3.72. The summed E-state index contributed by atoms with van der Waals surface area (Å²) in [6.07, 6.45) is 9.24. The van der Waals surface area contributed by atoms with Crippen LogP contribution in [0.3, 0.4) is 0 Å². The number of hydrogen-bond acceptors (Lipinski definition) is 4. The number of hydrogen-bond donors (Lipinski definition) is 2. The monoisotopic (exact) mass is 489 g/mol. The van der Waals surface area contributed by atoms with Gasteiger partial charge in [-0.05, 0) is 46.7 Å². The number of likely N-dealkylation sites (tertiary alicyclic amines) is 1. The van der Waals surface area contributed by atoms with Crippen molar-refractivity contribution in [2.75, 3.05) is 40.3 Å². The van der Waals surface area contributed by atoms with Crippen molar-refractivity contribution in [1.82, 2.24) is 30.2 Å². The van der Waals surface area contributed by atoms with E-state index in [4.69, 9.17) is 4.99 Å². The van der Waals surface area contributed by atoms with Crippen LogP contribution in [0.1, 0.15) is 44.2 Å². The summed E-state index contributed by atoms with van der Waals surface area (Å²) in [5, 5.41) is 11.4. The van der Waals surface area contributed by atoms with E-state index in [0.717, 1.165) is 25.1 Å². The van der Waals surface area contributed by atoms with Gasteiger partial charge in [-0.15, -0.1) is 24.0 Å². The van der Waals surface area contributed by atoms with E-state index in [0.29, 0.717) is 6.04 Å². The first kappa shape index (κ1) is 22.4. The zero-order valence-electron chi connectivity index (χ0n) is 17.2. The lowest BCUT2D eigenvalue weighted by Gasteiger charge is -2.33. The van der Waals surface area contributed by atoms with Gasteiger partial charge in [-0.2, -0.15) is 5.10 Å². The van der Waals surface area contributed by atoms with Gasteiger partial charge in [0.1, 0.15) is 0 Å². The second kappa shape index (κ2) is 10.6. The van der Waals surface area contributed by atoms with Crippen LogP contribution in [0.25, 0.3) is 0 Å². The molecule has 154 valence electrons. The molecule has 2 aliphatic rings. The smallest absolute Gasteiger partial charge is 0.191 e. The average molecular weight is 489 g/mol. The Morgan fingerprint density at radius 1 is 1.30 bits per heavy atom. The highest BCUT2D eigenvalue weighted by atomic mass is 127. The molecule has 8 heteroatoms. The highest BCUT2D eigenvalue weighted by Crippen LogP contribution is 2.29. The van der Waals surface area contributed by atoms with Crippen molar-refractivity contribution in [1.29, 1.82) is 0 Å². The molecule has 1 aliphatic carbocycles. The van der Waals surface area contributed by atoms with Gasteiger partial charge in [0.2, 0.25) is 0 Å². The molecule has 0 aromatic carbocycles. The average Bonchev–Trinajstić information content (AvgIpc) is 3.37. The largest absolute Gasteiger partial charge is 0.357 e. The van der Waals surface area contributed by atoms with Crippen LogP contribution in [0.15, 0.2) is 17.4 Å². The summed E-state index contributed by atoms with van der Waals surface area (Å²) in [7, 11) is 6.15. The molecule has 7 nitrogen and oxygen atoms in total. The molecule has 1 aromatic heterocycles. The Morgan fingerprint density at radius 2 is 2.00 bits per heavy atom. The molecule has 2 fully saturated rings. The van der Waals surface area contributed by atoms with Crippen molar-refractivity contribution in [3.05, 3.63) is 18.0 Å². The maximum absolute atomic E-state index is 4.88. The molecule has 0 spiro atoms. The van der Waals surface area contributed by atoms with Crippen LogP contribution in [-0.2, 0) is 7.05 Å². The second-order valence-electron chi connectivity index (χ2n) is 7.83. The number of likely N-dealkylation sites (N-methyl/N-ethyl adjacent to an activating group) is 1. The van der Waals surface area contributed by atoms with Gasteiger partial charge in [-0.1, -0.05) is 0 Å². The van der Waals surface area contributed by atoms with Gasteiger partial charge in [0, 0.05) is 50.5 Å². The molecule has 2 heterocycles. The zero-order chi connectivity index (χ0) is 18.5. The standard InChI is InChI=1S/C19H35N7.HI/c1-5-20-19(23-16-8-10-26(11-9-16)17-6-7-17)21-13-18(24(2)3)15-12-22-25(4)14-15;/h12,14,16-18H,5-11,13H2,1-4H3,(H2,20,21,23);1H. The minimum absolute atomic E-state index is 0. The predicted molar refractivity (Wildman–Crippen MR) is 122 cm³/mol. The Bertz CT molecular complexity index is 589. The summed E-state index contributed by atoms with van der Waals surface area (Å²) in [4.78, 5) is 9.75. The number of piperidine rings is 1. The topological polar surface area (TPSA) is 60.7 Å². The fourth-order valence-electron chi connectivity index (χ4n) is 3.72. The molecule has 0 amide bonds. The van der Waals surface area contributed by atoms with E-state index in [1.165, 1.54) is 44.3 Å². The van der Waals surface area contributed by atoms with E-state index in [1.54, 1.807) is 0 Å². The van der Waals surface area contributed by atoms with Crippen molar-refractivity contribution >= 4 is 29.9 Å². The zero-order valence-corrected chi connectivity index (χ0v) is 19.5. The number of nitrogens with one attached hydrogen (secondary N) is 2. The Kier molecular flexibility index (Phi) is 8.81. The number of halogens is 1. The van der Waals surface area contributed by atoms with Gasteiger partial charge in [0.05, 0.1) is 18.8 Å². The lowest BCUT2D eigenvalue weighted by Crippen LogP contribution is -2.49. The molecule has 3 rings (SSSR count). The summed E-state index contributed by atoms with van der Waals surface area (Å²) in [6, 6.07) is 1.65. The summed E-state index contributed by atoms with van der Waals surface area (Å²) in [5.74, 6) is 0.938. The van der Waals surface area contributed by atoms with Crippen molar-refractivity contribution < 1.29 is 0 Å². The van der Waals surface area contributed by atoms with Gasteiger partial charge < -0.3 is 20.4 Å². The Balaban J connectivity index is 0.00000261. The Hall–Kier alpha value is -0.870. The normalized spacial score (nSPS) is 20.4. The van der Waals surface area contributed by atoms with Gasteiger partial charge >= 0.3 is 0 Å². The van der Waals surface area contributed by atoms with E-state index in [1.807, 2.05) is 17.9 Å². The first-order valence-electron chi connectivity index (χ1n) is 10.0. The molecular weight excluding hydrogens is 453 g/mol. The van der Waals surface area contributed by atoms with Crippen LogP contribution < -0.4 is 10.6 Å². The van der Waals surface area contributed by atoms with Crippen molar-refractivity contribution in [3.8, 4) is 0 Å². The number of aryl methyl sites for hydroxylation is 1. The maximum Gasteiger partial charge on any atom is 0.191 e. The lowest BCUT2D eigenvalue weighted by molar-refractivity contribution is 0.197. The van der Waals surface area contributed by atoms with Crippen LogP contribution in [0, 0.1) is 0 Å². The molecular formula is C19H36IN7. The van der Waals surface area contributed by atoms with Gasteiger partial charge in [0.25, 0.3) is 0 Å². The molecule has 1 unspecified atom stereocenters. The summed E-state index contributed by atoms with van der Waals surface area (Å²) in [6.45, 7) is 6.16. The molecule has 1 aromatic rings. The number of nitrogens with zero attached hydrogens (tertiary/aromatic N) is 5. The van der Waals surface area contributed by atoms with E-state index >= 15 is 0 Å². The molecule has 0 radical (unpaired) electrons. The van der Waals surface area contributed by atoms with Crippen molar-refractivity contribution in [2.24, 2.45) is 12.0 Å². The van der Waals surface area contributed by atoms with Crippen LogP contribution in [0.5, 0.6) is 0 Å². The predicted octanol–water partition coefficient (Wildman–Crippen LogP) is 1.82. The second-order valence-corrected chi connectivity index (χ2v) is 7.83. The third-order valence-electron chi connectivity index (χ3n) is 5.43. The number of guanidine groups is 1. The lowest BCUT2D eigenvalue weighted by atomic mass is 10.1. The minimum atomic E-state index is 0. The molecule has 1 saturated carbocycles. The molecule has 1 aliphatic heterocycles. The quantitative estimate of drug-likeness (QED) is 0.348. The highest BCUT2D eigenvalue weighted by Gasteiger charge is 2.31. The van der Waals surface area contributed by atoms with Gasteiger partial charge in [-0.25, -0.2) is 0 Å². The van der Waals surface area contributed by atoms with E-state index in [-0.39, 0.29) is 30.0 Å². The Labute approximate surface area is 181 Å². The number of aromatic nitrogens is 2. The summed E-state index contributed by atoms with van der Waals surface area (Å²) >= 11 is 0. The van der Waals surface area contributed by atoms with E-state index in [9.17, 15) is 0 Å². The van der Waals surface area contributed by atoms with Gasteiger partial charge in [-0.3, -0.25) is 9.67 Å². The van der Waals surface area contributed by atoms with Crippen LogP contribution in [-0.4, -0.2) is 77.9 Å².